The van der Waals surface area contributed by atoms with E-state index in [9.17, 15) is 14.0 Å². The largest absolute Gasteiger partial charge is 0.465 e. The third-order valence-corrected chi connectivity index (χ3v) is 4.37. The molecule has 2 heterocycles. The fourth-order valence-corrected chi connectivity index (χ4v) is 3.11. The lowest BCUT2D eigenvalue weighted by Crippen LogP contribution is -2.34. The molecule has 1 N–H and O–H groups in total. The Kier molecular flexibility index (Phi) is 4.38. The number of likely N-dealkylation sites (tertiary alicyclic amines) is 1. The second kappa shape index (κ2) is 6.47. The van der Waals surface area contributed by atoms with Crippen molar-refractivity contribution in [1.82, 2.24) is 10.2 Å². The third-order valence-electron chi connectivity index (χ3n) is 4.37. The molecule has 0 aliphatic carbocycles. The van der Waals surface area contributed by atoms with Crippen LogP contribution in [0.3, 0.4) is 0 Å². The number of hydrogen-bond acceptors (Lipinski definition) is 3. The van der Waals surface area contributed by atoms with Gasteiger partial charge in [0.1, 0.15) is 17.3 Å². The predicted molar refractivity (Wildman–Crippen MR) is 85.3 cm³/mol. The molecule has 0 spiro atoms. The van der Waals surface area contributed by atoms with Crippen molar-refractivity contribution in [2.75, 3.05) is 7.05 Å². The topological polar surface area (TPSA) is 62.6 Å². The van der Waals surface area contributed by atoms with E-state index in [1.54, 1.807) is 30.1 Å². The Bertz CT molecular complexity index is 754. The van der Waals surface area contributed by atoms with Crippen LogP contribution in [-0.4, -0.2) is 23.8 Å². The zero-order chi connectivity index (χ0) is 17.3. The number of furan rings is 1. The summed E-state index contributed by atoms with van der Waals surface area (Å²) in [4.78, 5) is 26.2. The molecule has 1 saturated heterocycles. The van der Waals surface area contributed by atoms with E-state index in [0.717, 1.165) is 11.3 Å². The molecular weight excluding hydrogens is 311 g/mol. The highest BCUT2D eigenvalue weighted by molar-refractivity contribution is 5.90. The summed E-state index contributed by atoms with van der Waals surface area (Å²) in [7, 11) is 1.67. The number of halogens is 1. The summed E-state index contributed by atoms with van der Waals surface area (Å²) in [6.45, 7) is 2.11. The van der Waals surface area contributed by atoms with Crippen LogP contribution in [0.4, 0.5) is 4.39 Å². The van der Waals surface area contributed by atoms with Crippen molar-refractivity contribution >= 4 is 11.8 Å². The highest BCUT2D eigenvalue weighted by atomic mass is 19.1. The van der Waals surface area contributed by atoms with E-state index in [0.29, 0.717) is 5.76 Å². The molecule has 126 valence electrons. The monoisotopic (exact) mass is 330 g/mol. The van der Waals surface area contributed by atoms with Crippen molar-refractivity contribution in [3.05, 3.63) is 59.3 Å². The summed E-state index contributed by atoms with van der Waals surface area (Å²) in [5.41, 5.74) is 0.749. The molecule has 3 rings (SSSR count). The molecule has 1 fully saturated rings. The van der Waals surface area contributed by atoms with Gasteiger partial charge in [-0.1, -0.05) is 12.1 Å². The van der Waals surface area contributed by atoms with Gasteiger partial charge in [0.15, 0.2) is 0 Å². The minimum Gasteiger partial charge on any atom is -0.465 e. The van der Waals surface area contributed by atoms with E-state index >= 15 is 0 Å². The second-order valence-electron chi connectivity index (χ2n) is 6.04. The van der Waals surface area contributed by atoms with E-state index < -0.39 is 12.0 Å². The highest BCUT2D eigenvalue weighted by Crippen LogP contribution is 2.37. The molecular formula is C18H19FN2O3. The molecule has 1 aromatic carbocycles. The van der Waals surface area contributed by atoms with Gasteiger partial charge >= 0.3 is 0 Å². The van der Waals surface area contributed by atoms with Crippen LogP contribution in [-0.2, 0) is 16.1 Å². The number of nitrogens with zero attached hydrogens (tertiary/aromatic N) is 1. The summed E-state index contributed by atoms with van der Waals surface area (Å²) in [6.07, 6.45) is 0.140. The van der Waals surface area contributed by atoms with Gasteiger partial charge in [-0.3, -0.25) is 9.59 Å². The molecule has 0 saturated carbocycles. The SMILES string of the molecule is Cc1ccc(CNC(=O)[C@@H]2CC(=O)N(C)[C@H]2c2ccc(F)cc2)o1. The van der Waals surface area contributed by atoms with Crippen molar-refractivity contribution < 1.29 is 18.4 Å². The summed E-state index contributed by atoms with van der Waals surface area (Å²) in [5, 5.41) is 2.82. The van der Waals surface area contributed by atoms with Gasteiger partial charge in [0.2, 0.25) is 11.8 Å². The Labute approximate surface area is 139 Å². The Morgan fingerprint density at radius 1 is 1.29 bits per heavy atom. The van der Waals surface area contributed by atoms with E-state index in [2.05, 4.69) is 5.32 Å². The third kappa shape index (κ3) is 3.18. The molecule has 0 bridgehead atoms. The van der Waals surface area contributed by atoms with Crippen molar-refractivity contribution in [2.24, 2.45) is 5.92 Å². The number of carbonyl (C=O) groups excluding carboxylic acids is 2. The van der Waals surface area contributed by atoms with Crippen LogP contribution in [0.5, 0.6) is 0 Å². The number of hydrogen-bond donors (Lipinski definition) is 1. The smallest absolute Gasteiger partial charge is 0.226 e. The van der Waals surface area contributed by atoms with Crippen LogP contribution < -0.4 is 5.32 Å². The number of amides is 2. The molecule has 2 aromatic rings. The minimum atomic E-state index is -0.510. The van der Waals surface area contributed by atoms with Crippen LogP contribution in [0.25, 0.3) is 0 Å². The van der Waals surface area contributed by atoms with Gasteiger partial charge in [-0.15, -0.1) is 0 Å². The zero-order valence-electron chi connectivity index (χ0n) is 13.6. The lowest BCUT2D eigenvalue weighted by atomic mass is 9.93. The second-order valence-corrected chi connectivity index (χ2v) is 6.04. The molecule has 1 aliphatic rings. The van der Waals surface area contributed by atoms with Gasteiger partial charge in [-0.2, -0.15) is 0 Å². The van der Waals surface area contributed by atoms with Gasteiger partial charge in [0.25, 0.3) is 0 Å². The van der Waals surface area contributed by atoms with E-state index in [4.69, 9.17) is 4.42 Å². The van der Waals surface area contributed by atoms with Gasteiger partial charge < -0.3 is 14.6 Å². The zero-order valence-corrected chi connectivity index (χ0v) is 13.6. The number of aryl methyl sites for hydroxylation is 1. The quantitative estimate of drug-likeness (QED) is 0.937. The first-order valence-corrected chi connectivity index (χ1v) is 7.80. The fourth-order valence-electron chi connectivity index (χ4n) is 3.11. The number of nitrogens with one attached hydrogen (secondary N) is 1. The normalized spacial score (nSPS) is 20.5. The standard InChI is InChI=1S/C18H19FN2O3/c1-11-3-8-14(24-11)10-20-18(23)15-9-16(22)21(2)17(15)12-4-6-13(19)7-5-12/h3-8,15,17H,9-10H2,1-2H3,(H,20,23)/t15-,17+/m1/s1. The fraction of sp³-hybridized carbons (Fsp3) is 0.333. The molecule has 24 heavy (non-hydrogen) atoms. The Hall–Kier alpha value is -2.63. The molecule has 0 radical (unpaired) electrons. The Balaban J connectivity index is 1.75. The summed E-state index contributed by atoms with van der Waals surface area (Å²) in [5.74, 6) is 0.273. The molecule has 6 heteroatoms. The number of carbonyl (C=O) groups is 2. The molecule has 1 aliphatic heterocycles. The summed E-state index contributed by atoms with van der Waals surface area (Å²) in [6, 6.07) is 9.15. The van der Waals surface area contributed by atoms with Gasteiger partial charge in [-0.05, 0) is 36.8 Å². The van der Waals surface area contributed by atoms with Gasteiger partial charge in [0, 0.05) is 13.5 Å². The molecule has 1 aromatic heterocycles. The Morgan fingerprint density at radius 3 is 2.62 bits per heavy atom. The van der Waals surface area contributed by atoms with Crippen LogP contribution in [0.2, 0.25) is 0 Å². The number of rotatable bonds is 4. The first kappa shape index (κ1) is 16.2. The van der Waals surface area contributed by atoms with Gasteiger partial charge in [0.05, 0.1) is 18.5 Å². The number of benzene rings is 1. The van der Waals surface area contributed by atoms with E-state index in [-0.39, 0.29) is 30.6 Å². The summed E-state index contributed by atoms with van der Waals surface area (Å²) >= 11 is 0. The maximum Gasteiger partial charge on any atom is 0.226 e. The van der Waals surface area contributed by atoms with Crippen molar-refractivity contribution in [3.8, 4) is 0 Å². The molecule has 2 amide bonds. The first-order chi connectivity index (χ1) is 11.5. The predicted octanol–water partition coefficient (Wildman–Crippen LogP) is 2.56. The first-order valence-electron chi connectivity index (χ1n) is 7.80. The lowest BCUT2D eigenvalue weighted by molar-refractivity contribution is -0.128. The summed E-state index contributed by atoms with van der Waals surface area (Å²) < 4.78 is 18.6. The molecule has 0 unspecified atom stereocenters. The molecule has 2 atom stereocenters. The lowest BCUT2D eigenvalue weighted by Gasteiger charge is -2.24. The maximum absolute atomic E-state index is 13.1. The van der Waals surface area contributed by atoms with E-state index in [1.165, 1.54) is 12.1 Å². The van der Waals surface area contributed by atoms with Gasteiger partial charge in [-0.25, -0.2) is 4.39 Å². The van der Waals surface area contributed by atoms with Crippen LogP contribution in [0.15, 0.2) is 40.8 Å². The van der Waals surface area contributed by atoms with Crippen molar-refractivity contribution in [1.29, 1.82) is 0 Å². The van der Waals surface area contributed by atoms with Crippen molar-refractivity contribution in [3.63, 3.8) is 0 Å². The van der Waals surface area contributed by atoms with Crippen LogP contribution in [0.1, 0.15) is 29.5 Å². The average molecular weight is 330 g/mol. The van der Waals surface area contributed by atoms with Crippen LogP contribution in [0, 0.1) is 18.7 Å². The average Bonchev–Trinajstić information content (AvgIpc) is 3.10. The van der Waals surface area contributed by atoms with Crippen molar-refractivity contribution in [2.45, 2.75) is 25.9 Å². The minimum absolute atomic E-state index is 0.0988. The molecule has 5 nitrogen and oxygen atoms in total. The van der Waals surface area contributed by atoms with Crippen LogP contribution >= 0.6 is 0 Å². The Morgan fingerprint density at radius 2 is 2.00 bits per heavy atom. The van der Waals surface area contributed by atoms with E-state index in [1.807, 2.05) is 13.0 Å². The maximum atomic E-state index is 13.1. The highest BCUT2D eigenvalue weighted by Gasteiger charge is 2.42.